The van der Waals surface area contributed by atoms with Crippen LogP contribution in [0, 0.1) is 0 Å². The molecule has 0 rings (SSSR count). The standard InChI is InChI=1S/C18H46O6Si4/c1-9-17(27(19-11-3,20-12-4)21-13-5)26(25)18(10-2)28(22-14-6,23-15-7)24-16-8/h17-18,26H,9-16H2,1-8,25H3. The van der Waals surface area contributed by atoms with Crippen LogP contribution in [0.2, 0.25) is 10.3 Å². The minimum absolute atomic E-state index is 0.359. The van der Waals surface area contributed by atoms with Gasteiger partial charge in [-0.25, -0.2) is 0 Å². The smallest absolute Gasteiger partial charge is 0.374 e. The van der Waals surface area contributed by atoms with Crippen LogP contribution in [0.3, 0.4) is 0 Å². The van der Waals surface area contributed by atoms with E-state index in [1.807, 2.05) is 41.5 Å². The van der Waals surface area contributed by atoms with Gasteiger partial charge >= 0.3 is 17.6 Å². The molecule has 0 aliphatic rings. The minimum Gasteiger partial charge on any atom is -0.374 e. The van der Waals surface area contributed by atoms with Crippen molar-refractivity contribution in [1.29, 1.82) is 0 Å². The molecule has 10 heteroatoms. The average molecular weight is 471 g/mol. The first kappa shape index (κ1) is 28.6. The minimum atomic E-state index is -2.76. The van der Waals surface area contributed by atoms with Crippen LogP contribution in [0.15, 0.2) is 0 Å². The van der Waals surface area contributed by atoms with Crippen LogP contribution in [0.25, 0.3) is 0 Å². The zero-order valence-corrected chi connectivity index (χ0v) is 25.0. The number of rotatable bonds is 18. The molecule has 0 aromatic rings. The molecule has 2 unspecified atom stereocenters. The molecule has 28 heavy (non-hydrogen) atoms. The zero-order valence-electron chi connectivity index (χ0n) is 19.8. The van der Waals surface area contributed by atoms with Gasteiger partial charge in [0.15, 0.2) is 0 Å². The van der Waals surface area contributed by atoms with Crippen LogP contribution in [-0.4, -0.2) is 75.3 Å². The van der Waals surface area contributed by atoms with E-state index in [0.717, 1.165) is 22.6 Å². The van der Waals surface area contributed by atoms with Crippen LogP contribution in [0.1, 0.15) is 68.2 Å². The lowest BCUT2D eigenvalue weighted by molar-refractivity contribution is 0.0641. The topological polar surface area (TPSA) is 55.4 Å². The number of hydrogen-bond donors (Lipinski definition) is 0. The molecular weight excluding hydrogens is 425 g/mol. The van der Waals surface area contributed by atoms with Crippen molar-refractivity contribution in [2.75, 3.05) is 39.6 Å². The summed E-state index contributed by atoms with van der Waals surface area (Å²) in [5, 5.41) is 0.717. The average Bonchev–Trinajstić information content (AvgIpc) is 2.64. The first-order chi connectivity index (χ1) is 13.4. The van der Waals surface area contributed by atoms with Gasteiger partial charge in [-0.15, -0.1) is 0 Å². The maximum absolute atomic E-state index is 6.32. The highest BCUT2D eigenvalue weighted by atomic mass is 29.2. The molecule has 0 N–H and O–H groups in total. The highest BCUT2D eigenvalue weighted by Crippen LogP contribution is 2.40. The highest BCUT2D eigenvalue weighted by Gasteiger charge is 2.58. The molecule has 0 spiro atoms. The Morgan fingerprint density at radius 3 is 0.893 bits per heavy atom. The first-order valence-corrected chi connectivity index (χ1v) is 20.8. The van der Waals surface area contributed by atoms with Gasteiger partial charge in [-0.3, -0.25) is 0 Å². The maximum Gasteiger partial charge on any atom is 0.500 e. The summed E-state index contributed by atoms with van der Waals surface area (Å²) in [6, 6.07) is 0. The highest BCUT2D eigenvalue weighted by molar-refractivity contribution is 7.14. The molecule has 0 saturated heterocycles. The Kier molecular flexibility index (Phi) is 15.8. The quantitative estimate of drug-likeness (QED) is 0.287. The van der Waals surface area contributed by atoms with Gasteiger partial charge in [0.2, 0.25) is 0 Å². The van der Waals surface area contributed by atoms with E-state index in [-0.39, 0.29) is 0 Å². The van der Waals surface area contributed by atoms with Gasteiger partial charge in [-0.05, 0) is 51.3 Å². The summed E-state index contributed by atoms with van der Waals surface area (Å²) in [6.07, 6.45) is 2.02. The van der Waals surface area contributed by atoms with Crippen LogP contribution < -0.4 is 0 Å². The Bertz CT molecular complexity index is 323. The molecular formula is C18H46O6Si4. The fourth-order valence-corrected chi connectivity index (χ4v) is 30.5. The van der Waals surface area contributed by atoms with E-state index in [0.29, 0.717) is 50.0 Å². The molecule has 0 radical (unpaired) electrons. The van der Waals surface area contributed by atoms with Crippen LogP contribution in [-0.2, 0) is 26.6 Å². The van der Waals surface area contributed by atoms with Crippen molar-refractivity contribution in [1.82, 2.24) is 0 Å². The molecule has 0 aromatic heterocycles. The molecule has 0 amide bonds. The summed E-state index contributed by atoms with van der Waals surface area (Å²) in [5.74, 6) is 0. The lowest BCUT2D eigenvalue weighted by Gasteiger charge is -2.43. The van der Waals surface area contributed by atoms with E-state index in [2.05, 4.69) is 13.8 Å². The molecule has 0 fully saturated rings. The number of hydrogen-bond acceptors (Lipinski definition) is 6. The molecule has 6 nitrogen and oxygen atoms in total. The molecule has 0 aliphatic carbocycles. The van der Waals surface area contributed by atoms with E-state index < -0.39 is 25.9 Å². The Labute approximate surface area is 180 Å². The predicted molar refractivity (Wildman–Crippen MR) is 126 cm³/mol. The fourth-order valence-electron chi connectivity index (χ4n) is 4.27. The van der Waals surface area contributed by atoms with Gasteiger partial charge < -0.3 is 26.6 Å². The SMILES string of the molecule is CCO[Si](OCC)(OCC)C(CC)[SiH]([SiH3])C(CC)[Si](OCC)(OCC)OCC. The second-order valence-electron chi connectivity index (χ2n) is 6.69. The summed E-state index contributed by atoms with van der Waals surface area (Å²) in [6.45, 7) is 20.4. The van der Waals surface area contributed by atoms with Crippen LogP contribution in [0.4, 0.5) is 0 Å². The molecule has 0 bridgehead atoms. The van der Waals surface area contributed by atoms with Crippen molar-refractivity contribution in [3.8, 4) is 0 Å². The van der Waals surface area contributed by atoms with E-state index in [1.54, 1.807) is 0 Å². The van der Waals surface area contributed by atoms with E-state index >= 15 is 0 Å². The second kappa shape index (κ2) is 15.4. The summed E-state index contributed by atoms with van der Waals surface area (Å²) >= 11 is 0. The normalized spacial score (nSPS) is 16.3. The molecule has 170 valence electrons. The lowest BCUT2D eigenvalue weighted by Crippen LogP contribution is -2.61. The van der Waals surface area contributed by atoms with Gasteiger partial charge in [0, 0.05) is 58.3 Å². The lowest BCUT2D eigenvalue weighted by atomic mass is 10.6. The van der Waals surface area contributed by atoms with Crippen molar-refractivity contribution in [2.45, 2.75) is 78.6 Å². The third-order valence-electron chi connectivity index (χ3n) is 5.13. The summed E-state index contributed by atoms with van der Waals surface area (Å²) < 4.78 is 37.9. The van der Waals surface area contributed by atoms with Gasteiger partial charge in [0.1, 0.15) is 0 Å². The third-order valence-corrected chi connectivity index (χ3v) is 29.8. The van der Waals surface area contributed by atoms with E-state index in [4.69, 9.17) is 26.6 Å². The Hall–Kier alpha value is 0.628. The van der Waals surface area contributed by atoms with Gasteiger partial charge in [-0.1, -0.05) is 26.7 Å². The fraction of sp³-hybridized carbons (Fsp3) is 1.00. The van der Waals surface area contributed by atoms with Gasteiger partial charge in [-0.2, -0.15) is 0 Å². The maximum atomic E-state index is 6.32. The molecule has 0 heterocycles. The first-order valence-electron chi connectivity index (χ1n) is 11.3. The van der Waals surface area contributed by atoms with E-state index in [1.165, 1.54) is 0 Å². The second-order valence-corrected chi connectivity index (χ2v) is 21.0. The van der Waals surface area contributed by atoms with E-state index in [9.17, 15) is 0 Å². The zero-order chi connectivity index (χ0) is 21.6. The monoisotopic (exact) mass is 470 g/mol. The molecule has 0 aromatic carbocycles. The van der Waals surface area contributed by atoms with Crippen molar-refractivity contribution >= 4 is 35.7 Å². The van der Waals surface area contributed by atoms with Crippen molar-refractivity contribution in [3.63, 3.8) is 0 Å². The van der Waals surface area contributed by atoms with Crippen molar-refractivity contribution in [2.24, 2.45) is 0 Å². The largest absolute Gasteiger partial charge is 0.500 e. The van der Waals surface area contributed by atoms with Crippen molar-refractivity contribution < 1.29 is 26.6 Å². The Morgan fingerprint density at radius 1 is 0.536 bits per heavy atom. The van der Waals surface area contributed by atoms with Gasteiger partial charge in [0.25, 0.3) is 0 Å². The Morgan fingerprint density at radius 2 is 0.750 bits per heavy atom. The Balaban J connectivity index is 6.12. The third kappa shape index (κ3) is 7.40. The van der Waals surface area contributed by atoms with Crippen LogP contribution in [0.5, 0.6) is 0 Å². The summed E-state index contributed by atoms with van der Waals surface area (Å²) in [5.41, 5.74) is 0. The molecule has 0 saturated carbocycles. The van der Waals surface area contributed by atoms with Gasteiger partial charge in [0.05, 0.1) is 0 Å². The molecule has 0 aliphatic heterocycles. The van der Waals surface area contributed by atoms with Crippen LogP contribution >= 0.6 is 0 Å². The van der Waals surface area contributed by atoms with Crippen molar-refractivity contribution in [3.05, 3.63) is 0 Å². The summed E-state index contributed by atoms with van der Waals surface area (Å²) in [4.78, 5) is 0. The molecule has 2 atom stereocenters. The summed E-state index contributed by atoms with van der Waals surface area (Å²) in [7, 11) is -5.78. The predicted octanol–water partition coefficient (Wildman–Crippen LogP) is 2.81.